The molecule has 13 atom stereocenters. The SMILES string of the molecule is Cc1cc(CC2=C[NH+](C[C@H]3C4=C([C@H](C)C[C@@H](O)[C@@H]5OC5(C)C)C(=O)C[C@@]4(C)[C@@]4(C)CC[C@@H]5[C@](C)(CCC(=O)[C@@]5(C)C5CCCC5)[C@@H]4[C@@H]3O)C3C=CN=C23)cc(C2CCCCC2)c1. The molecule has 1 aromatic rings. The summed E-state index contributed by atoms with van der Waals surface area (Å²) in [5, 5.41) is 25.1. The number of carbonyl (C=O) groups is 2. The Kier molecular flexibility index (Phi) is 10.6. The number of carbonyl (C=O) groups excluding carboxylic acids is 2. The summed E-state index contributed by atoms with van der Waals surface area (Å²) in [7, 11) is 0. The molecule has 62 heavy (non-hydrogen) atoms. The third kappa shape index (κ3) is 6.49. The van der Waals surface area contributed by atoms with Crippen LogP contribution in [0.5, 0.6) is 0 Å². The lowest BCUT2D eigenvalue weighted by Gasteiger charge is -2.70. The van der Waals surface area contributed by atoms with Crippen molar-refractivity contribution in [2.45, 2.75) is 194 Å². The van der Waals surface area contributed by atoms with Gasteiger partial charge in [0.05, 0.1) is 30.3 Å². The number of nitrogens with zero attached hydrogens (tertiary/aromatic N) is 1. The van der Waals surface area contributed by atoms with E-state index in [1.165, 1.54) is 77.7 Å². The summed E-state index contributed by atoms with van der Waals surface area (Å²) >= 11 is 0. The van der Waals surface area contributed by atoms with Crippen LogP contribution in [0.4, 0.5) is 0 Å². The third-order valence-corrected chi connectivity index (χ3v) is 20.1. The van der Waals surface area contributed by atoms with Crippen LogP contribution < -0.4 is 4.90 Å². The van der Waals surface area contributed by atoms with Crippen LogP contribution in [0.2, 0.25) is 0 Å². The number of ether oxygens (including phenoxy) is 1. The highest BCUT2D eigenvalue weighted by Crippen LogP contribution is 2.75. The van der Waals surface area contributed by atoms with Gasteiger partial charge in [0.2, 0.25) is 0 Å². The fourth-order valence-corrected chi connectivity index (χ4v) is 17.0. The number of hydrogen-bond donors (Lipinski definition) is 3. The molecule has 10 rings (SSSR count). The smallest absolute Gasteiger partial charge is 0.160 e. The molecule has 2 unspecified atom stereocenters. The minimum Gasteiger partial charge on any atom is -0.392 e. The van der Waals surface area contributed by atoms with Crippen molar-refractivity contribution in [3.63, 3.8) is 0 Å². The number of nitrogens with one attached hydrogen (secondary N) is 1. The lowest BCUT2D eigenvalue weighted by atomic mass is 9.34. The Morgan fingerprint density at radius 3 is 2.35 bits per heavy atom. The van der Waals surface area contributed by atoms with Gasteiger partial charge in [0.1, 0.15) is 23.8 Å². The lowest BCUT2D eigenvalue weighted by molar-refractivity contribution is -0.856. The number of epoxide rings is 1. The first kappa shape index (κ1) is 43.2. The molecule has 7 heteroatoms. The molecule has 5 saturated carbocycles. The second kappa shape index (κ2) is 15.2. The standard InChI is InChI=1S/C55H76N2O5/c1-32-24-34(27-36(25-32)35-14-10-9-11-15-35)28-37-30-57(40-20-23-56-47(37)40)31-39-46-45(33(2)26-41(58)50-51(3,4)62-50)42(59)29-54(46,7)53(6)22-18-43-52(5,49(53)48(39)61)21-19-44(60)55(43,8)38-16-12-13-17-38/h20,23-25,27,30,33,35,38-41,43,48-50,58,61H,9-19,21-22,26,28-29,31H2,1-8H3/p+1/t33-,39+,40?,41-,43-,48-,49+,50+,52+,53+,54-,55+/m1/s1. The number of aryl methyl sites for hydroxylation is 1. The summed E-state index contributed by atoms with van der Waals surface area (Å²) in [6, 6.07) is 7.31. The Morgan fingerprint density at radius 2 is 1.65 bits per heavy atom. The Labute approximate surface area is 372 Å². The summed E-state index contributed by atoms with van der Waals surface area (Å²) in [4.78, 5) is 35.6. The molecule has 9 aliphatic rings. The Morgan fingerprint density at radius 1 is 0.935 bits per heavy atom. The molecule has 3 N–H and O–H groups in total. The molecule has 3 heterocycles. The molecule has 336 valence electrons. The molecule has 6 aliphatic carbocycles. The predicted molar refractivity (Wildman–Crippen MR) is 245 cm³/mol. The number of allylic oxidation sites excluding steroid dienone is 1. The molecule has 1 aromatic carbocycles. The number of hydrogen-bond acceptors (Lipinski definition) is 6. The van der Waals surface area contributed by atoms with E-state index in [-0.39, 0.29) is 63.4 Å². The van der Waals surface area contributed by atoms with Gasteiger partial charge in [0.15, 0.2) is 11.8 Å². The molecule has 7 nitrogen and oxygen atoms in total. The van der Waals surface area contributed by atoms with Crippen molar-refractivity contribution in [1.82, 2.24) is 0 Å². The van der Waals surface area contributed by atoms with Crippen LogP contribution in [0, 0.1) is 58.2 Å². The Hall–Kier alpha value is -2.71. The summed E-state index contributed by atoms with van der Waals surface area (Å²) in [6.07, 6.45) is 21.3. The number of aliphatic hydroxyl groups is 2. The average molecular weight is 846 g/mol. The summed E-state index contributed by atoms with van der Waals surface area (Å²) in [5.41, 5.74) is 6.87. The monoisotopic (exact) mass is 846 g/mol. The molecular weight excluding hydrogens is 769 g/mol. The van der Waals surface area contributed by atoms with E-state index in [9.17, 15) is 19.8 Å². The number of quaternary nitrogens is 1. The van der Waals surface area contributed by atoms with Crippen molar-refractivity contribution >= 4 is 17.3 Å². The topological polar surface area (TPSA) is 104 Å². The molecule has 0 aromatic heterocycles. The molecule has 0 radical (unpaired) electrons. The van der Waals surface area contributed by atoms with Crippen LogP contribution in [0.25, 0.3) is 0 Å². The van der Waals surface area contributed by atoms with Crippen LogP contribution in [0.1, 0.15) is 167 Å². The molecule has 0 spiro atoms. The van der Waals surface area contributed by atoms with Crippen molar-refractivity contribution in [2.24, 2.45) is 56.2 Å². The fraction of sp³-hybridized carbons (Fsp3) is 0.727. The van der Waals surface area contributed by atoms with Crippen molar-refractivity contribution in [1.29, 1.82) is 0 Å². The first-order chi connectivity index (χ1) is 29.4. The number of aliphatic hydroxyl groups excluding tert-OH is 2. The molecule has 0 amide bonds. The summed E-state index contributed by atoms with van der Waals surface area (Å²) in [5.74, 6) is 1.45. The van der Waals surface area contributed by atoms with Gasteiger partial charge in [-0.05, 0) is 141 Å². The van der Waals surface area contributed by atoms with Gasteiger partial charge in [0, 0.05) is 41.9 Å². The van der Waals surface area contributed by atoms with E-state index in [0.717, 1.165) is 49.8 Å². The first-order valence-corrected chi connectivity index (χ1v) is 25.2. The quantitative estimate of drug-likeness (QED) is 0.204. The van der Waals surface area contributed by atoms with Crippen molar-refractivity contribution in [3.05, 3.63) is 70.1 Å². The molecule has 0 bridgehead atoms. The molecule has 3 aliphatic heterocycles. The fourth-order valence-electron chi connectivity index (χ4n) is 17.0. The summed E-state index contributed by atoms with van der Waals surface area (Å²) in [6.45, 7) is 18.7. The number of aliphatic imine (C=N–C) groups is 1. The zero-order valence-electron chi connectivity index (χ0n) is 39.3. The van der Waals surface area contributed by atoms with Gasteiger partial charge in [-0.2, -0.15) is 0 Å². The van der Waals surface area contributed by atoms with Gasteiger partial charge >= 0.3 is 0 Å². The van der Waals surface area contributed by atoms with Gasteiger partial charge in [-0.25, -0.2) is 0 Å². The van der Waals surface area contributed by atoms with Gasteiger partial charge in [0.25, 0.3) is 0 Å². The van der Waals surface area contributed by atoms with Gasteiger partial charge in [-0.1, -0.05) is 90.5 Å². The predicted octanol–water partition coefficient (Wildman–Crippen LogP) is 9.13. The van der Waals surface area contributed by atoms with Gasteiger partial charge in [-0.3, -0.25) is 19.5 Å². The number of fused-ring (bicyclic) bond motifs is 6. The highest BCUT2D eigenvalue weighted by atomic mass is 16.6. The van der Waals surface area contributed by atoms with E-state index in [1.807, 2.05) is 20.0 Å². The normalized spacial score (nSPS) is 42.3. The largest absolute Gasteiger partial charge is 0.392 e. The number of rotatable bonds is 10. The first-order valence-electron chi connectivity index (χ1n) is 25.2. The van der Waals surface area contributed by atoms with Crippen LogP contribution >= 0.6 is 0 Å². The second-order valence-corrected chi connectivity index (χ2v) is 23.9. The average Bonchev–Trinajstić information content (AvgIpc) is 3.80. The number of benzene rings is 1. The van der Waals surface area contributed by atoms with Crippen LogP contribution in [0.15, 0.2) is 58.4 Å². The van der Waals surface area contributed by atoms with E-state index in [4.69, 9.17) is 9.73 Å². The highest BCUT2D eigenvalue weighted by molar-refractivity contribution is 6.07. The van der Waals surface area contributed by atoms with E-state index in [2.05, 4.69) is 72.0 Å². The summed E-state index contributed by atoms with van der Waals surface area (Å²) < 4.78 is 5.91. The van der Waals surface area contributed by atoms with E-state index in [0.29, 0.717) is 43.4 Å². The van der Waals surface area contributed by atoms with Gasteiger partial charge in [-0.15, -0.1) is 0 Å². The Balaban J connectivity index is 1.04. The van der Waals surface area contributed by atoms with E-state index in [1.54, 1.807) is 0 Å². The van der Waals surface area contributed by atoms with Crippen LogP contribution in [0.3, 0.4) is 0 Å². The minimum atomic E-state index is -0.675. The minimum absolute atomic E-state index is 0.0572. The van der Waals surface area contributed by atoms with Crippen LogP contribution in [-0.4, -0.2) is 64.0 Å². The maximum atomic E-state index is 14.9. The maximum absolute atomic E-state index is 14.9. The van der Waals surface area contributed by atoms with Gasteiger partial charge < -0.3 is 14.9 Å². The third-order valence-electron chi connectivity index (χ3n) is 20.1. The number of ketones is 2. The molecule has 6 fully saturated rings. The molecular formula is C55H77N2O5+. The maximum Gasteiger partial charge on any atom is 0.160 e. The second-order valence-electron chi connectivity index (χ2n) is 23.9. The van der Waals surface area contributed by atoms with Crippen molar-refractivity contribution < 1.29 is 29.4 Å². The van der Waals surface area contributed by atoms with Crippen molar-refractivity contribution in [3.8, 4) is 0 Å². The van der Waals surface area contributed by atoms with Crippen LogP contribution in [-0.2, 0) is 20.7 Å². The van der Waals surface area contributed by atoms with Crippen molar-refractivity contribution in [2.75, 3.05) is 6.54 Å². The number of Topliss-reactive ketones (excluding diaryl/α,β-unsaturated/α-hetero) is 2. The highest BCUT2D eigenvalue weighted by Gasteiger charge is 2.73. The lowest BCUT2D eigenvalue weighted by Crippen LogP contribution is -3.11. The van der Waals surface area contributed by atoms with E-state index >= 15 is 0 Å². The Bertz CT molecular complexity index is 2140. The molecule has 1 saturated heterocycles. The zero-order valence-corrected chi connectivity index (χ0v) is 39.3. The zero-order chi connectivity index (χ0) is 43.7. The van der Waals surface area contributed by atoms with E-state index < -0.39 is 17.6 Å².